The summed E-state index contributed by atoms with van der Waals surface area (Å²) in [5, 5.41) is 3.29. The molecular weight excluding hydrogens is 274 g/mol. The molecule has 5 heteroatoms. The molecule has 3 N–H and O–H groups in total. The minimum atomic E-state index is 0.583. The second-order valence-electron chi connectivity index (χ2n) is 5.66. The van der Waals surface area contributed by atoms with Crippen LogP contribution >= 0.6 is 0 Å². The number of aromatic nitrogens is 2. The lowest BCUT2D eigenvalue weighted by molar-refractivity contribution is 0.759. The van der Waals surface area contributed by atoms with Gasteiger partial charge >= 0.3 is 0 Å². The number of unbranched alkanes of at least 4 members (excludes halogenated alkanes) is 1. The number of anilines is 4. The van der Waals surface area contributed by atoms with E-state index < -0.39 is 0 Å². The number of nitrogens with two attached hydrogens (primary N) is 1. The van der Waals surface area contributed by atoms with Gasteiger partial charge in [0.05, 0.1) is 0 Å². The summed E-state index contributed by atoms with van der Waals surface area (Å²) in [4.78, 5) is 10.7. The Bertz CT molecular complexity index is 639. The summed E-state index contributed by atoms with van der Waals surface area (Å²) < 4.78 is 0. The Labute approximate surface area is 132 Å². The Kier molecular flexibility index (Phi) is 5.20. The van der Waals surface area contributed by atoms with Gasteiger partial charge in [0.15, 0.2) is 11.6 Å². The molecule has 1 heterocycles. The molecule has 1 aromatic heterocycles. The van der Waals surface area contributed by atoms with Crippen molar-refractivity contribution in [2.75, 3.05) is 29.5 Å². The van der Waals surface area contributed by atoms with Gasteiger partial charge in [-0.2, -0.15) is 0 Å². The molecule has 0 amide bonds. The van der Waals surface area contributed by atoms with Crippen LogP contribution in [0, 0.1) is 13.8 Å². The summed E-state index contributed by atoms with van der Waals surface area (Å²) in [7, 11) is 2.01. The van der Waals surface area contributed by atoms with Crippen LogP contribution in [0.4, 0.5) is 23.0 Å². The number of hydrogen-bond donors (Lipinski definition) is 2. The topological polar surface area (TPSA) is 67.1 Å². The summed E-state index contributed by atoms with van der Waals surface area (Å²) in [5.41, 5.74) is 10.3. The fourth-order valence-electron chi connectivity index (χ4n) is 2.25. The van der Waals surface area contributed by atoms with Crippen LogP contribution in [0.5, 0.6) is 0 Å². The first-order valence-electron chi connectivity index (χ1n) is 7.68. The maximum Gasteiger partial charge on any atom is 0.159 e. The van der Waals surface area contributed by atoms with E-state index >= 15 is 0 Å². The zero-order valence-corrected chi connectivity index (χ0v) is 13.8. The average molecular weight is 299 g/mol. The lowest BCUT2D eigenvalue weighted by Gasteiger charge is -2.20. The predicted molar refractivity (Wildman–Crippen MR) is 93.8 cm³/mol. The molecule has 0 aliphatic heterocycles. The van der Waals surface area contributed by atoms with Crippen LogP contribution in [0.25, 0.3) is 0 Å². The second kappa shape index (κ2) is 7.11. The zero-order valence-electron chi connectivity index (χ0n) is 13.8. The van der Waals surface area contributed by atoms with Gasteiger partial charge in [0.1, 0.15) is 12.0 Å². The molecule has 0 aliphatic carbocycles. The molecule has 5 nitrogen and oxygen atoms in total. The molecule has 2 rings (SSSR count). The molecule has 0 radical (unpaired) electrons. The van der Waals surface area contributed by atoms with Gasteiger partial charge in [0.2, 0.25) is 0 Å². The third kappa shape index (κ3) is 3.67. The van der Waals surface area contributed by atoms with Crippen molar-refractivity contribution in [2.24, 2.45) is 0 Å². The number of hydrogen-bond acceptors (Lipinski definition) is 5. The number of rotatable bonds is 6. The quantitative estimate of drug-likeness (QED) is 0.852. The van der Waals surface area contributed by atoms with E-state index in [0.717, 1.165) is 30.9 Å². The predicted octanol–water partition coefficient (Wildman–Crippen LogP) is 3.66. The average Bonchev–Trinajstić information content (AvgIpc) is 2.50. The fraction of sp³-hybridized carbons (Fsp3) is 0.412. The van der Waals surface area contributed by atoms with Crippen LogP contribution in [-0.2, 0) is 0 Å². The van der Waals surface area contributed by atoms with Crippen LogP contribution in [0.1, 0.15) is 30.9 Å². The Morgan fingerprint density at radius 1 is 1.18 bits per heavy atom. The highest BCUT2D eigenvalue weighted by Gasteiger charge is 2.12. The standard InChI is InChI=1S/C17H25N5/c1-5-6-9-22(4)17-15(18)16(19-11-20-17)21-14-8-7-12(2)13(3)10-14/h7-8,10-11H,5-6,9,18H2,1-4H3,(H,19,20,21). The number of nitrogens with one attached hydrogen (secondary N) is 1. The molecule has 0 spiro atoms. The van der Waals surface area contributed by atoms with Crippen LogP contribution < -0.4 is 16.0 Å². The number of benzene rings is 1. The molecule has 0 atom stereocenters. The Morgan fingerprint density at radius 3 is 2.64 bits per heavy atom. The van der Waals surface area contributed by atoms with Crippen molar-refractivity contribution < 1.29 is 0 Å². The van der Waals surface area contributed by atoms with Crippen LogP contribution in [0.2, 0.25) is 0 Å². The van der Waals surface area contributed by atoms with E-state index in [0.29, 0.717) is 11.5 Å². The summed E-state index contributed by atoms with van der Waals surface area (Å²) in [6, 6.07) is 6.21. The maximum atomic E-state index is 6.24. The minimum Gasteiger partial charge on any atom is -0.393 e. The molecule has 0 saturated heterocycles. The first-order valence-corrected chi connectivity index (χ1v) is 7.68. The van der Waals surface area contributed by atoms with E-state index in [4.69, 9.17) is 5.73 Å². The van der Waals surface area contributed by atoms with Crippen molar-refractivity contribution in [3.63, 3.8) is 0 Å². The Morgan fingerprint density at radius 2 is 1.95 bits per heavy atom. The normalized spacial score (nSPS) is 10.5. The molecule has 0 bridgehead atoms. The number of aryl methyl sites for hydroxylation is 2. The fourth-order valence-corrected chi connectivity index (χ4v) is 2.25. The van der Waals surface area contributed by atoms with Gasteiger partial charge in [0, 0.05) is 19.3 Å². The largest absolute Gasteiger partial charge is 0.393 e. The molecule has 1 aromatic carbocycles. The van der Waals surface area contributed by atoms with E-state index in [1.54, 1.807) is 6.33 Å². The number of nitrogens with zero attached hydrogens (tertiary/aromatic N) is 3. The van der Waals surface area contributed by atoms with E-state index in [-0.39, 0.29) is 0 Å². The lowest BCUT2D eigenvalue weighted by atomic mass is 10.1. The van der Waals surface area contributed by atoms with Gasteiger partial charge in [0.25, 0.3) is 0 Å². The number of nitrogen functional groups attached to an aromatic ring is 1. The first kappa shape index (κ1) is 16.1. The van der Waals surface area contributed by atoms with Gasteiger partial charge in [-0.15, -0.1) is 0 Å². The van der Waals surface area contributed by atoms with Crippen LogP contribution in [-0.4, -0.2) is 23.6 Å². The second-order valence-corrected chi connectivity index (χ2v) is 5.66. The van der Waals surface area contributed by atoms with Crippen molar-refractivity contribution in [3.05, 3.63) is 35.7 Å². The van der Waals surface area contributed by atoms with Crippen molar-refractivity contribution in [2.45, 2.75) is 33.6 Å². The van der Waals surface area contributed by atoms with Gasteiger partial charge in [-0.3, -0.25) is 0 Å². The van der Waals surface area contributed by atoms with Crippen molar-refractivity contribution in [3.8, 4) is 0 Å². The van der Waals surface area contributed by atoms with Crippen molar-refractivity contribution in [1.29, 1.82) is 0 Å². The molecule has 22 heavy (non-hydrogen) atoms. The Balaban J connectivity index is 2.22. The smallest absolute Gasteiger partial charge is 0.159 e. The summed E-state index contributed by atoms with van der Waals surface area (Å²) in [6.45, 7) is 7.29. The molecule has 0 saturated carbocycles. The highest BCUT2D eigenvalue weighted by atomic mass is 15.2. The molecule has 0 fully saturated rings. The zero-order chi connectivity index (χ0) is 16.1. The van der Waals surface area contributed by atoms with E-state index in [2.05, 4.69) is 53.1 Å². The monoisotopic (exact) mass is 299 g/mol. The highest BCUT2D eigenvalue weighted by Crippen LogP contribution is 2.28. The molecule has 118 valence electrons. The third-order valence-corrected chi connectivity index (χ3v) is 3.84. The SMILES string of the molecule is CCCCN(C)c1ncnc(Nc2ccc(C)c(C)c2)c1N. The van der Waals surface area contributed by atoms with Crippen molar-refractivity contribution >= 4 is 23.0 Å². The Hall–Kier alpha value is -2.30. The molecule has 0 aliphatic rings. The van der Waals surface area contributed by atoms with Gasteiger partial charge in [-0.25, -0.2) is 9.97 Å². The van der Waals surface area contributed by atoms with Gasteiger partial charge in [-0.1, -0.05) is 19.4 Å². The van der Waals surface area contributed by atoms with E-state index in [1.165, 1.54) is 11.1 Å². The molecular formula is C17H25N5. The van der Waals surface area contributed by atoms with Crippen LogP contribution in [0.3, 0.4) is 0 Å². The summed E-state index contributed by atoms with van der Waals surface area (Å²) >= 11 is 0. The molecule has 2 aromatic rings. The van der Waals surface area contributed by atoms with E-state index in [1.807, 2.05) is 13.1 Å². The minimum absolute atomic E-state index is 0.583. The summed E-state index contributed by atoms with van der Waals surface area (Å²) in [6.07, 6.45) is 3.81. The third-order valence-electron chi connectivity index (χ3n) is 3.84. The van der Waals surface area contributed by atoms with Gasteiger partial charge in [-0.05, 0) is 43.5 Å². The summed E-state index contributed by atoms with van der Waals surface area (Å²) in [5.74, 6) is 1.42. The highest BCUT2D eigenvalue weighted by molar-refractivity contribution is 5.78. The maximum absolute atomic E-state index is 6.24. The van der Waals surface area contributed by atoms with Gasteiger partial charge < -0.3 is 16.0 Å². The molecule has 0 unspecified atom stereocenters. The lowest BCUT2D eigenvalue weighted by Crippen LogP contribution is -2.21. The van der Waals surface area contributed by atoms with E-state index in [9.17, 15) is 0 Å². The first-order chi connectivity index (χ1) is 10.5. The van der Waals surface area contributed by atoms with Crippen LogP contribution in [0.15, 0.2) is 24.5 Å². The van der Waals surface area contributed by atoms with Crippen molar-refractivity contribution in [1.82, 2.24) is 9.97 Å².